The second-order valence-corrected chi connectivity index (χ2v) is 7.61. The van der Waals surface area contributed by atoms with Crippen LogP contribution in [0.4, 0.5) is 5.69 Å². The largest absolute Gasteiger partial charge is 0.317 e. The SMILES string of the molecule is CCCNCCCN(C)S(=O)(=O)Nc1cccc(Cl)c1Br. The van der Waals surface area contributed by atoms with E-state index in [1.807, 2.05) is 0 Å². The molecular weight excluding hydrogens is 378 g/mol. The predicted molar refractivity (Wildman–Crippen MR) is 92.1 cm³/mol. The maximum Gasteiger partial charge on any atom is 0.301 e. The Bertz CT molecular complexity index is 554. The monoisotopic (exact) mass is 397 g/mol. The molecule has 0 heterocycles. The number of nitrogens with one attached hydrogen (secondary N) is 2. The average Bonchev–Trinajstić information content (AvgIpc) is 2.43. The van der Waals surface area contributed by atoms with Gasteiger partial charge in [0.2, 0.25) is 0 Å². The minimum atomic E-state index is -3.58. The van der Waals surface area contributed by atoms with Gasteiger partial charge in [0.15, 0.2) is 0 Å². The van der Waals surface area contributed by atoms with Crippen LogP contribution in [0.3, 0.4) is 0 Å². The van der Waals surface area contributed by atoms with Crippen LogP contribution < -0.4 is 10.0 Å². The van der Waals surface area contributed by atoms with Crippen LogP contribution in [0.1, 0.15) is 19.8 Å². The van der Waals surface area contributed by atoms with Gasteiger partial charge in [-0.3, -0.25) is 4.72 Å². The topological polar surface area (TPSA) is 61.4 Å². The smallest absolute Gasteiger partial charge is 0.301 e. The van der Waals surface area contributed by atoms with Gasteiger partial charge in [-0.15, -0.1) is 0 Å². The summed E-state index contributed by atoms with van der Waals surface area (Å²) < 4.78 is 28.8. The first kappa shape index (κ1) is 18.7. The molecule has 0 saturated carbocycles. The summed E-state index contributed by atoms with van der Waals surface area (Å²) in [5.41, 5.74) is 0.429. The second-order valence-electron chi connectivity index (χ2n) is 4.63. The Balaban J connectivity index is 2.58. The molecule has 0 amide bonds. The van der Waals surface area contributed by atoms with Crippen molar-refractivity contribution in [1.29, 1.82) is 0 Å². The molecule has 0 spiro atoms. The van der Waals surface area contributed by atoms with Crippen LogP contribution in [0.15, 0.2) is 22.7 Å². The molecule has 0 aliphatic rings. The van der Waals surface area contributed by atoms with Crippen LogP contribution in [0, 0.1) is 0 Å². The van der Waals surface area contributed by atoms with Gasteiger partial charge in [-0.1, -0.05) is 24.6 Å². The van der Waals surface area contributed by atoms with Crippen LogP contribution in [0.25, 0.3) is 0 Å². The van der Waals surface area contributed by atoms with E-state index in [-0.39, 0.29) is 0 Å². The average molecular weight is 399 g/mol. The van der Waals surface area contributed by atoms with Gasteiger partial charge in [-0.05, 0) is 54.0 Å². The van der Waals surface area contributed by atoms with Crippen molar-refractivity contribution >= 4 is 43.4 Å². The lowest BCUT2D eigenvalue weighted by Crippen LogP contribution is -2.34. The first-order valence-electron chi connectivity index (χ1n) is 6.77. The summed E-state index contributed by atoms with van der Waals surface area (Å²) in [4.78, 5) is 0. The molecule has 0 saturated heterocycles. The Hall–Kier alpha value is -0.340. The third-order valence-corrected chi connectivity index (χ3v) is 5.73. The van der Waals surface area contributed by atoms with Gasteiger partial charge in [0.25, 0.3) is 0 Å². The highest BCUT2D eigenvalue weighted by Gasteiger charge is 2.18. The summed E-state index contributed by atoms with van der Waals surface area (Å²) in [5, 5.41) is 3.70. The van der Waals surface area contributed by atoms with Crippen LogP contribution in [-0.4, -0.2) is 39.4 Å². The quantitative estimate of drug-likeness (QED) is 0.628. The Labute approximate surface area is 140 Å². The molecule has 5 nitrogen and oxygen atoms in total. The molecule has 0 fully saturated rings. The number of benzene rings is 1. The molecule has 1 aromatic rings. The Morgan fingerprint density at radius 2 is 2.05 bits per heavy atom. The molecule has 2 N–H and O–H groups in total. The maximum atomic E-state index is 12.2. The van der Waals surface area contributed by atoms with Gasteiger partial charge < -0.3 is 5.32 Å². The van der Waals surface area contributed by atoms with E-state index >= 15 is 0 Å². The fourth-order valence-corrected chi connectivity index (χ4v) is 3.29. The molecule has 0 unspecified atom stereocenters. The third kappa shape index (κ3) is 6.12. The summed E-state index contributed by atoms with van der Waals surface area (Å²) in [6.07, 6.45) is 1.83. The van der Waals surface area contributed by atoms with E-state index in [0.29, 0.717) is 21.7 Å². The molecule has 0 atom stereocenters. The summed E-state index contributed by atoms with van der Waals surface area (Å²) in [7, 11) is -2.02. The predicted octanol–water partition coefficient (Wildman–Crippen LogP) is 3.08. The van der Waals surface area contributed by atoms with E-state index < -0.39 is 10.2 Å². The molecule has 120 valence electrons. The van der Waals surface area contributed by atoms with E-state index in [0.717, 1.165) is 25.9 Å². The van der Waals surface area contributed by atoms with Crippen molar-refractivity contribution in [1.82, 2.24) is 9.62 Å². The lowest BCUT2D eigenvalue weighted by Gasteiger charge is -2.19. The van der Waals surface area contributed by atoms with E-state index in [2.05, 4.69) is 32.9 Å². The lowest BCUT2D eigenvalue weighted by atomic mass is 10.3. The molecular formula is C13H21BrClN3O2S. The highest BCUT2D eigenvalue weighted by atomic mass is 79.9. The standard InChI is InChI=1S/C13H21BrClN3O2S/c1-3-8-16-9-5-10-18(2)21(19,20)17-12-7-4-6-11(15)13(12)14/h4,6-7,16-17H,3,5,8-10H2,1-2H3. The van der Waals surface area contributed by atoms with Crippen LogP contribution in [-0.2, 0) is 10.2 Å². The number of hydrogen-bond acceptors (Lipinski definition) is 3. The van der Waals surface area contributed by atoms with Crippen molar-refractivity contribution < 1.29 is 8.42 Å². The zero-order valence-electron chi connectivity index (χ0n) is 12.2. The van der Waals surface area contributed by atoms with Crippen LogP contribution in [0.2, 0.25) is 5.02 Å². The molecule has 8 heteroatoms. The normalized spacial score (nSPS) is 11.9. The number of nitrogens with zero attached hydrogens (tertiary/aromatic N) is 1. The summed E-state index contributed by atoms with van der Waals surface area (Å²) in [6, 6.07) is 5.04. The van der Waals surface area contributed by atoms with Crippen molar-refractivity contribution in [3.8, 4) is 0 Å². The van der Waals surface area contributed by atoms with Crippen molar-refractivity contribution in [2.75, 3.05) is 31.4 Å². The number of anilines is 1. The van der Waals surface area contributed by atoms with Gasteiger partial charge in [-0.2, -0.15) is 12.7 Å². The minimum Gasteiger partial charge on any atom is -0.317 e. The molecule has 0 aromatic heterocycles. The minimum absolute atomic E-state index is 0.429. The highest BCUT2D eigenvalue weighted by molar-refractivity contribution is 9.10. The highest BCUT2D eigenvalue weighted by Crippen LogP contribution is 2.30. The fourth-order valence-electron chi connectivity index (χ4n) is 1.65. The molecule has 0 aliphatic heterocycles. The van der Waals surface area contributed by atoms with E-state index in [9.17, 15) is 8.42 Å². The van der Waals surface area contributed by atoms with Gasteiger partial charge in [0, 0.05) is 13.6 Å². The lowest BCUT2D eigenvalue weighted by molar-refractivity contribution is 0.458. The summed E-state index contributed by atoms with van der Waals surface area (Å²) in [6.45, 7) is 4.29. The number of halogens is 2. The zero-order valence-corrected chi connectivity index (χ0v) is 15.4. The molecule has 21 heavy (non-hydrogen) atoms. The zero-order chi connectivity index (χ0) is 15.9. The van der Waals surface area contributed by atoms with E-state index in [1.54, 1.807) is 25.2 Å². The van der Waals surface area contributed by atoms with Gasteiger partial charge in [0.1, 0.15) is 0 Å². The van der Waals surface area contributed by atoms with Gasteiger partial charge >= 0.3 is 10.2 Å². The van der Waals surface area contributed by atoms with E-state index in [4.69, 9.17) is 11.6 Å². The Morgan fingerprint density at radius 1 is 1.33 bits per heavy atom. The van der Waals surface area contributed by atoms with E-state index in [1.165, 1.54) is 4.31 Å². The fraction of sp³-hybridized carbons (Fsp3) is 0.538. The number of hydrogen-bond donors (Lipinski definition) is 2. The van der Waals surface area contributed by atoms with Crippen LogP contribution >= 0.6 is 27.5 Å². The first-order chi connectivity index (χ1) is 9.88. The Kier molecular flexibility index (Phi) is 7.97. The molecule has 0 radical (unpaired) electrons. The van der Waals surface area contributed by atoms with Crippen molar-refractivity contribution in [2.45, 2.75) is 19.8 Å². The second kappa shape index (κ2) is 8.95. The molecule has 1 aromatic carbocycles. The molecule has 0 aliphatic carbocycles. The third-order valence-electron chi connectivity index (χ3n) is 2.85. The van der Waals surface area contributed by atoms with Crippen molar-refractivity contribution in [3.63, 3.8) is 0 Å². The first-order valence-corrected chi connectivity index (χ1v) is 9.38. The molecule has 0 bridgehead atoms. The molecule has 1 rings (SSSR count). The van der Waals surface area contributed by atoms with Crippen molar-refractivity contribution in [2.24, 2.45) is 0 Å². The maximum absolute atomic E-state index is 12.2. The summed E-state index contributed by atoms with van der Waals surface area (Å²) in [5.74, 6) is 0. The van der Waals surface area contributed by atoms with Gasteiger partial charge in [-0.25, -0.2) is 0 Å². The van der Waals surface area contributed by atoms with Crippen LogP contribution in [0.5, 0.6) is 0 Å². The number of rotatable bonds is 9. The van der Waals surface area contributed by atoms with Gasteiger partial charge in [0.05, 0.1) is 15.2 Å². The Morgan fingerprint density at radius 3 is 2.71 bits per heavy atom. The van der Waals surface area contributed by atoms with Crippen molar-refractivity contribution in [3.05, 3.63) is 27.7 Å². The summed E-state index contributed by atoms with van der Waals surface area (Å²) >= 11 is 9.23.